The van der Waals surface area contributed by atoms with E-state index in [0.29, 0.717) is 27.5 Å². The second-order valence-corrected chi connectivity index (χ2v) is 11.0. The van der Waals surface area contributed by atoms with Gasteiger partial charge >= 0.3 is 6.09 Å². The number of carboxylic acid groups (broad SMARTS) is 1. The molecule has 3 N–H and O–H groups in total. The van der Waals surface area contributed by atoms with Crippen molar-refractivity contribution >= 4 is 50.8 Å². The molecule has 15 heteroatoms. The molecule has 0 saturated carbocycles. The van der Waals surface area contributed by atoms with Crippen LogP contribution in [0.2, 0.25) is 0 Å². The number of anilines is 2. The highest BCUT2D eigenvalue weighted by Gasteiger charge is 2.20. The van der Waals surface area contributed by atoms with Crippen molar-refractivity contribution in [2.45, 2.75) is 13.0 Å². The number of benzene rings is 2. The number of para-hydroxylation sites is 1. The zero-order valence-electron chi connectivity index (χ0n) is 24.6. The number of aromatic nitrogens is 3. The quantitative estimate of drug-likeness (QED) is 0.142. The zero-order valence-corrected chi connectivity index (χ0v) is 25.4. The van der Waals surface area contributed by atoms with Gasteiger partial charge < -0.3 is 34.7 Å². The van der Waals surface area contributed by atoms with Gasteiger partial charge in [0.2, 0.25) is 11.8 Å². The summed E-state index contributed by atoms with van der Waals surface area (Å²) in [5.41, 5.74) is 1.31. The molecule has 12 nitrogen and oxygen atoms in total. The van der Waals surface area contributed by atoms with Crippen LogP contribution in [0.25, 0.3) is 20.9 Å². The number of methoxy groups -OCH3 is 1. The van der Waals surface area contributed by atoms with Crippen LogP contribution in [0, 0.1) is 11.6 Å². The van der Waals surface area contributed by atoms with Gasteiger partial charge in [-0.2, -0.15) is 0 Å². The largest absolute Gasteiger partial charge is 0.465 e. The number of fused-ring (bicyclic) bond motifs is 1. The number of hydrogen-bond acceptors (Lipinski definition) is 8. The number of carbonyl (C=O) groups is 3. The Morgan fingerprint density at radius 3 is 2.52 bits per heavy atom. The average Bonchev–Trinajstić information content (AvgIpc) is 3.61. The summed E-state index contributed by atoms with van der Waals surface area (Å²) in [4.78, 5) is 47.0. The molecule has 0 aliphatic carbocycles. The fourth-order valence-corrected chi connectivity index (χ4v) is 5.55. The lowest BCUT2D eigenvalue weighted by Gasteiger charge is -2.18. The van der Waals surface area contributed by atoms with Gasteiger partial charge in [-0.1, -0.05) is 12.1 Å². The van der Waals surface area contributed by atoms with Gasteiger partial charge in [0.15, 0.2) is 11.6 Å². The summed E-state index contributed by atoms with van der Waals surface area (Å²) in [5, 5.41) is 14.3. The first-order valence-electron chi connectivity index (χ1n) is 13.8. The van der Waals surface area contributed by atoms with Crippen molar-refractivity contribution in [3.63, 3.8) is 0 Å². The first-order valence-corrected chi connectivity index (χ1v) is 14.6. The molecule has 0 atom stereocenters. The molecule has 0 saturated heterocycles. The van der Waals surface area contributed by atoms with Crippen LogP contribution in [0.4, 0.5) is 25.0 Å². The normalized spacial score (nSPS) is 11.0. The molecule has 238 valence electrons. The fraction of sp³-hybridized carbons (Fsp3) is 0.194. The Morgan fingerprint density at radius 1 is 1.00 bits per heavy atom. The summed E-state index contributed by atoms with van der Waals surface area (Å²) >= 11 is 1.33. The van der Waals surface area contributed by atoms with Gasteiger partial charge in [0.25, 0.3) is 0 Å². The molecule has 5 aromatic rings. The number of rotatable bonds is 12. The molecule has 3 aromatic heterocycles. The predicted molar refractivity (Wildman–Crippen MR) is 167 cm³/mol. The highest BCUT2D eigenvalue weighted by molar-refractivity contribution is 7.22. The number of carbonyl (C=O) groups excluding carboxylic acids is 2. The lowest BCUT2D eigenvalue weighted by atomic mass is 10.2. The van der Waals surface area contributed by atoms with Crippen LogP contribution in [-0.4, -0.2) is 62.7 Å². The molecule has 0 fully saturated rings. The minimum absolute atomic E-state index is 0.0543. The molecule has 2 aromatic carbocycles. The number of thiophene rings is 1. The van der Waals surface area contributed by atoms with Crippen molar-refractivity contribution in [2.75, 3.05) is 30.9 Å². The Labute approximate surface area is 265 Å². The minimum atomic E-state index is -1.07. The Balaban J connectivity index is 1.27. The molecule has 3 heterocycles. The average molecular weight is 651 g/mol. The Morgan fingerprint density at radius 2 is 1.78 bits per heavy atom. The van der Waals surface area contributed by atoms with Crippen LogP contribution in [0.5, 0.6) is 11.5 Å². The lowest BCUT2D eigenvalue weighted by molar-refractivity contribution is -0.123. The van der Waals surface area contributed by atoms with Gasteiger partial charge in [0, 0.05) is 44.7 Å². The molecular formula is C31H28F2N6O6S. The van der Waals surface area contributed by atoms with E-state index in [1.54, 1.807) is 29.9 Å². The van der Waals surface area contributed by atoms with E-state index in [9.17, 15) is 23.9 Å². The van der Waals surface area contributed by atoms with Gasteiger partial charge in [-0.25, -0.2) is 18.6 Å². The monoisotopic (exact) mass is 650 g/mol. The van der Waals surface area contributed by atoms with E-state index in [1.165, 1.54) is 59.9 Å². The molecule has 0 spiro atoms. The number of imidazole rings is 1. The van der Waals surface area contributed by atoms with Gasteiger partial charge in [0.1, 0.15) is 23.8 Å². The van der Waals surface area contributed by atoms with E-state index in [0.717, 1.165) is 10.9 Å². The van der Waals surface area contributed by atoms with Crippen molar-refractivity contribution in [2.24, 2.45) is 7.05 Å². The van der Waals surface area contributed by atoms with E-state index in [-0.39, 0.29) is 36.8 Å². The Bertz CT molecular complexity index is 1910. The van der Waals surface area contributed by atoms with E-state index in [2.05, 4.69) is 20.6 Å². The second-order valence-electron chi connectivity index (χ2n) is 9.96. The third kappa shape index (κ3) is 7.44. The van der Waals surface area contributed by atoms with Crippen molar-refractivity contribution in [3.8, 4) is 22.2 Å². The van der Waals surface area contributed by atoms with Crippen molar-refractivity contribution < 1.29 is 37.7 Å². The lowest BCUT2D eigenvalue weighted by Crippen LogP contribution is -2.32. The molecule has 0 unspecified atom stereocenters. The number of nitrogens with one attached hydrogen (secondary N) is 2. The SMILES string of the molecule is COCCN(Cc1cnc(-c2cc3nccc(Oc4ccc(NC(=O)CC(=O)Nc5ccccc5F)cc4F)c3s2)n1C)C(=O)O. The summed E-state index contributed by atoms with van der Waals surface area (Å²) in [6, 6.07) is 12.8. The number of pyridine rings is 1. The Hall–Kier alpha value is -5.41. The van der Waals surface area contributed by atoms with Gasteiger partial charge in [0.05, 0.1) is 45.8 Å². The highest BCUT2D eigenvalue weighted by Crippen LogP contribution is 2.39. The second kappa shape index (κ2) is 14.1. The number of nitrogens with zero attached hydrogens (tertiary/aromatic N) is 4. The van der Waals surface area contributed by atoms with E-state index in [4.69, 9.17) is 9.47 Å². The van der Waals surface area contributed by atoms with Crippen LogP contribution >= 0.6 is 11.3 Å². The van der Waals surface area contributed by atoms with Gasteiger partial charge in [-0.15, -0.1) is 11.3 Å². The molecule has 0 aliphatic rings. The summed E-state index contributed by atoms with van der Waals surface area (Å²) in [6.07, 6.45) is 1.46. The van der Waals surface area contributed by atoms with E-state index in [1.807, 2.05) is 6.07 Å². The molecule has 0 bridgehead atoms. The molecule has 0 aliphatic heterocycles. The third-order valence-electron chi connectivity index (χ3n) is 6.77. The molecule has 46 heavy (non-hydrogen) atoms. The molecule has 3 amide bonds. The number of halogens is 2. The fourth-order valence-electron chi connectivity index (χ4n) is 4.45. The number of amides is 3. The summed E-state index contributed by atoms with van der Waals surface area (Å²) < 4.78 is 42.1. The van der Waals surface area contributed by atoms with Crippen LogP contribution < -0.4 is 15.4 Å². The van der Waals surface area contributed by atoms with Crippen LogP contribution in [0.15, 0.2) is 67.0 Å². The van der Waals surface area contributed by atoms with Crippen molar-refractivity contribution in [1.29, 1.82) is 0 Å². The predicted octanol–water partition coefficient (Wildman–Crippen LogP) is 5.86. The van der Waals surface area contributed by atoms with Crippen LogP contribution in [0.1, 0.15) is 12.1 Å². The topological polar surface area (TPSA) is 148 Å². The first kappa shape index (κ1) is 32.0. The first-order chi connectivity index (χ1) is 22.1. The van der Waals surface area contributed by atoms with Gasteiger partial charge in [-0.05, 0) is 30.3 Å². The summed E-state index contributed by atoms with van der Waals surface area (Å²) in [7, 11) is 3.29. The molecule has 5 rings (SSSR count). The van der Waals surface area contributed by atoms with Crippen LogP contribution in [0.3, 0.4) is 0 Å². The standard InChI is InChI=1S/C31H28F2N6O6S/c1-38-19(17-39(31(42)43)11-12-44-2)16-35-30(38)26-14-23-29(46-26)25(9-10-34-23)45-24-8-7-18(13-21(24)33)36-27(40)15-28(41)37-22-6-4-3-5-20(22)32/h3-10,13-14,16H,11-12,15,17H2,1-2H3,(H,36,40)(H,37,41)(H,42,43). The maximum Gasteiger partial charge on any atom is 0.407 e. The number of ether oxygens (including phenoxy) is 2. The Kier molecular flexibility index (Phi) is 9.83. The summed E-state index contributed by atoms with van der Waals surface area (Å²) in [5.74, 6) is -2.02. The maximum absolute atomic E-state index is 15.1. The zero-order chi connectivity index (χ0) is 32.8. The van der Waals surface area contributed by atoms with E-state index < -0.39 is 36.0 Å². The molecular weight excluding hydrogens is 622 g/mol. The third-order valence-corrected chi connectivity index (χ3v) is 7.91. The highest BCUT2D eigenvalue weighted by atomic mass is 32.1. The minimum Gasteiger partial charge on any atom is -0.465 e. The van der Waals surface area contributed by atoms with Crippen molar-refractivity contribution in [1.82, 2.24) is 19.4 Å². The van der Waals surface area contributed by atoms with Crippen molar-refractivity contribution in [3.05, 3.63) is 84.3 Å². The maximum atomic E-state index is 15.1. The smallest absolute Gasteiger partial charge is 0.407 e. The summed E-state index contributed by atoms with van der Waals surface area (Å²) in [6.45, 7) is 0.588. The number of hydrogen-bond donors (Lipinski definition) is 3. The van der Waals surface area contributed by atoms with Gasteiger partial charge in [-0.3, -0.25) is 14.6 Å². The van der Waals surface area contributed by atoms with Crippen LogP contribution in [-0.2, 0) is 27.9 Å². The molecule has 0 radical (unpaired) electrons. The van der Waals surface area contributed by atoms with E-state index >= 15 is 4.39 Å².